The zero-order chi connectivity index (χ0) is 39.5. The number of aryl methyl sites for hydroxylation is 2. The molecule has 0 spiro atoms. The molecule has 2 aliphatic rings. The number of H-pyrrole nitrogens is 2. The molecule has 0 aliphatic carbocycles. The predicted octanol–water partition coefficient (Wildman–Crippen LogP) is 5.50. The lowest BCUT2D eigenvalue weighted by molar-refractivity contribution is -0.143. The molecule has 0 saturated carbocycles. The molecule has 2 aromatic carbocycles. The maximum Gasteiger partial charge on any atom is 0.303 e. The SMILES string of the molecule is CCS(=O)(=O)CCc1ccc2[nH]cc(C[C@H]3CCCN3C)c2c1.CCS(=O)(=O)CCc1ccc2[nH]cc(C[C@H]3CCCN3C)c2c1.O=C(O)CCC(=O)O. The molecule has 298 valence electrons. The Hall–Kier alpha value is -3.72. The second-order valence-corrected chi connectivity index (χ2v) is 19.6. The number of benzene rings is 2. The molecule has 2 aromatic heterocycles. The van der Waals surface area contributed by atoms with Crippen LogP contribution in [0.5, 0.6) is 0 Å². The Morgan fingerprint density at radius 1 is 0.685 bits per heavy atom. The standard InChI is InChI=1S/2C18H26N2O2S.C4H6O4/c2*1-3-23(21,22)10-8-14-6-7-18-17(11-14)15(13-19-18)12-16-5-4-9-20(16)2;5-3(6)1-2-4(7)8/h2*6-7,11,13,16,19H,3-5,8-10,12H2,1-2H3;1-2H2,(H,5,6)(H,7,8)/t2*16-;/m11./s1. The predicted molar refractivity (Wildman–Crippen MR) is 216 cm³/mol. The van der Waals surface area contributed by atoms with Gasteiger partial charge in [-0.25, -0.2) is 16.8 Å². The molecule has 4 heterocycles. The van der Waals surface area contributed by atoms with Crippen LogP contribution in [-0.4, -0.2) is 121 Å². The van der Waals surface area contributed by atoms with Crippen LogP contribution in [0.1, 0.15) is 74.6 Å². The van der Waals surface area contributed by atoms with Gasteiger partial charge in [0.2, 0.25) is 0 Å². The van der Waals surface area contributed by atoms with Gasteiger partial charge in [0.25, 0.3) is 0 Å². The quantitative estimate of drug-likeness (QED) is 0.120. The second kappa shape index (κ2) is 19.7. The Morgan fingerprint density at radius 2 is 1.07 bits per heavy atom. The van der Waals surface area contributed by atoms with E-state index in [1.807, 2.05) is 12.1 Å². The maximum absolute atomic E-state index is 11.7. The fourth-order valence-electron chi connectivity index (χ4n) is 7.13. The number of rotatable bonds is 15. The molecule has 0 radical (unpaired) electrons. The molecule has 14 heteroatoms. The lowest BCUT2D eigenvalue weighted by Crippen LogP contribution is -2.26. The number of fused-ring (bicyclic) bond motifs is 2. The normalized spacial score (nSPS) is 18.0. The number of hydrogen-bond donors (Lipinski definition) is 4. The number of carboxylic acid groups (broad SMARTS) is 2. The highest BCUT2D eigenvalue weighted by atomic mass is 32.2. The molecule has 0 amide bonds. The molecule has 6 rings (SSSR count). The van der Waals surface area contributed by atoms with Crippen LogP contribution in [0.25, 0.3) is 21.8 Å². The lowest BCUT2D eigenvalue weighted by Gasteiger charge is -2.18. The third kappa shape index (κ3) is 13.0. The summed E-state index contributed by atoms with van der Waals surface area (Å²) in [5, 5.41) is 18.3. The van der Waals surface area contributed by atoms with Crippen LogP contribution >= 0.6 is 0 Å². The van der Waals surface area contributed by atoms with E-state index in [2.05, 4.69) is 70.5 Å². The molecule has 2 fully saturated rings. The Labute approximate surface area is 320 Å². The number of likely N-dealkylation sites (N-methyl/N-ethyl adjacent to an activating group) is 2. The summed E-state index contributed by atoms with van der Waals surface area (Å²) in [6, 6.07) is 13.8. The van der Waals surface area contributed by atoms with Gasteiger partial charge < -0.3 is 30.0 Å². The van der Waals surface area contributed by atoms with Crippen molar-refractivity contribution < 1.29 is 36.6 Å². The molecular formula is C40H58N4O8S2. The van der Waals surface area contributed by atoms with E-state index >= 15 is 0 Å². The summed E-state index contributed by atoms with van der Waals surface area (Å²) in [6.07, 6.45) is 12.0. The summed E-state index contributed by atoms with van der Waals surface area (Å²) in [7, 11) is -1.41. The van der Waals surface area contributed by atoms with Crippen molar-refractivity contribution in [1.29, 1.82) is 0 Å². The molecule has 12 nitrogen and oxygen atoms in total. The van der Waals surface area contributed by atoms with E-state index in [0.717, 1.165) is 35.0 Å². The number of sulfone groups is 2. The van der Waals surface area contributed by atoms with Gasteiger partial charge in [-0.2, -0.15) is 0 Å². The number of nitrogens with zero attached hydrogens (tertiary/aromatic N) is 2. The number of aromatic amines is 2. The summed E-state index contributed by atoms with van der Waals surface area (Å²) in [6.45, 7) is 5.79. The molecule has 2 atom stereocenters. The van der Waals surface area contributed by atoms with Crippen molar-refractivity contribution >= 4 is 53.4 Å². The first-order chi connectivity index (χ1) is 25.6. The first-order valence-electron chi connectivity index (χ1n) is 19.0. The van der Waals surface area contributed by atoms with E-state index < -0.39 is 31.6 Å². The van der Waals surface area contributed by atoms with Crippen molar-refractivity contribution in [1.82, 2.24) is 19.8 Å². The van der Waals surface area contributed by atoms with Crippen molar-refractivity contribution in [2.45, 2.75) is 90.1 Å². The summed E-state index contributed by atoms with van der Waals surface area (Å²) < 4.78 is 46.8. The molecule has 54 heavy (non-hydrogen) atoms. The average molecular weight is 787 g/mol. The highest BCUT2D eigenvalue weighted by Gasteiger charge is 2.23. The highest BCUT2D eigenvalue weighted by molar-refractivity contribution is 7.91. The smallest absolute Gasteiger partial charge is 0.303 e. The van der Waals surface area contributed by atoms with Crippen LogP contribution in [-0.2, 0) is 54.9 Å². The minimum atomic E-state index is -2.91. The van der Waals surface area contributed by atoms with Gasteiger partial charge in [-0.05, 0) is 125 Å². The number of hydrogen-bond acceptors (Lipinski definition) is 8. The maximum atomic E-state index is 11.7. The summed E-state index contributed by atoms with van der Waals surface area (Å²) in [5.74, 6) is -1.24. The van der Waals surface area contributed by atoms with Crippen molar-refractivity contribution in [2.75, 3.05) is 50.2 Å². The molecular weight excluding hydrogens is 729 g/mol. The first kappa shape index (κ1) is 43.0. The van der Waals surface area contributed by atoms with E-state index in [4.69, 9.17) is 10.2 Å². The van der Waals surface area contributed by atoms with Crippen molar-refractivity contribution in [2.24, 2.45) is 0 Å². The topological polar surface area (TPSA) is 181 Å². The first-order valence-corrected chi connectivity index (χ1v) is 22.7. The Balaban J connectivity index is 0.000000201. The van der Waals surface area contributed by atoms with E-state index in [-0.39, 0.29) is 35.9 Å². The van der Waals surface area contributed by atoms with Gasteiger partial charge in [0.1, 0.15) is 19.7 Å². The zero-order valence-electron chi connectivity index (χ0n) is 32.1. The largest absolute Gasteiger partial charge is 0.481 e. The third-order valence-corrected chi connectivity index (χ3v) is 14.2. The molecule has 0 bridgehead atoms. The fourth-order valence-corrected chi connectivity index (χ4v) is 8.80. The number of carboxylic acids is 2. The number of likely N-dealkylation sites (tertiary alicyclic amines) is 2. The van der Waals surface area contributed by atoms with Crippen LogP contribution in [0.4, 0.5) is 0 Å². The summed E-state index contributed by atoms with van der Waals surface area (Å²) in [5.41, 5.74) is 7.19. The van der Waals surface area contributed by atoms with Crippen LogP contribution in [0, 0.1) is 0 Å². The highest BCUT2D eigenvalue weighted by Crippen LogP contribution is 2.27. The summed E-state index contributed by atoms with van der Waals surface area (Å²) >= 11 is 0. The monoisotopic (exact) mass is 786 g/mol. The van der Waals surface area contributed by atoms with E-state index in [1.165, 1.54) is 60.7 Å². The Morgan fingerprint density at radius 3 is 1.39 bits per heavy atom. The van der Waals surface area contributed by atoms with Crippen LogP contribution < -0.4 is 0 Å². The molecule has 4 N–H and O–H groups in total. The second-order valence-electron chi connectivity index (χ2n) is 14.6. The average Bonchev–Trinajstić information content (AvgIpc) is 3.95. The zero-order valence-corrected chi connectivity index (χ0v) is 33.8. The van der Waals surface area contributed by atoms with Gasteiger partial charge in [-0.15, -0.1) is 0 Å². The Kier molecular flexibility index (Phi) is 15.7. The van der Waals surface area contributed by atoms with Gasteiger partial charge in [0, 0.05) is 57.8 Å². The number of carbonyl (C=O) groups is 2. The van der Waals surface area contributed by atoms with Gasteiger partial charge in [-0.3, -0.25) is 9.59 Å². The van der Waals surface area contributed by atoms with Crippen LogP contribution in [0.2, 0.25) is 0 Å². The third-order valence-electron chi connectivity index (χ3n) is 10.8. The van der Waals surface area contributed by atoms with E-state index in [1.54, 1.807) is 13.8 Å². The molecule has 0 unspecified atom stereocenters. The van der Waals surface area contributed by atoms with Gasteiger partial charge >= 0.3 is 11.9 Å². The number of aromatic nitrogens is 2. The van der Waals surface area contributed by atoms with E-state index in [0.29, 0.717) is 24.9 Å². The van der Waals surface area contributed by atoms with E-state index in [9.17, 15) is 26.4 Å². The minimum Gasteiger partial charge on any atom is -0.481 e. The van der Waals surface area contributed by atoms with Crippen molar-refractivity contribution in [3.63, 3.8) is 0 Å². The summed E-state index contributed by atoms with van der Waals surface area (Å²) in [4.78, 5) is 30.9. The lowest BCUT2D eigenvalue weighted by atomic mass is 10.0. The molecule has 2 saturated heterocycles. The fraction of sp³-hybridized carbons (Fsp3) is 0.550. The van der Waals surface area contributed by atoms with Gasteiger partial charge in [-0.1, -0.05) is 26.0 Å². The molecule has 2 aliphatic heterocycles. The molecule has 4 aromatic rings. The van der Waals surface area contributed by atoms with Crippen molar-refractivity contribution in [3.05, 3.63) is 71.0 Å². The van der Waals surface area contributed by atoms with Crippen molar-refractivity contribution in [3.8, 4) is 0 Å². The van der Waals surface area contributed by atoms with Crippen LogP contribution in [0.3, 0.4) is 0 Å². The number of nitrogens with one attached hydrogen (secondary N) is 2. The number of aliphatic carboxylic acids is 2. The van der Waals surface area contributed by atoms with Gasteiger partial charge in [0.15, 0.2) is 0 Å². The minimum absolute atomic E-state index is 0.221. The van der Waals surface area contributed by atoms with Crippen LogP contribution in [0.15, 0.2) is 48.8 Å². The van der Waals surface area contributed by atoms with Gasteiger partial charge in [0.05, 0.1) is 24.3 Å². The Bertz CT molecular complexity index is 1930.